The molecule has 1 aliphatic heterocycles. The van der Waals surface area contributed by atoms with Gasteiger partial charge in [0.2, 0.25) is 0 Å². The molecule has 0 aromatic heterocycles. The Morgan fingerprint density at radius 2 is 1.92 bits per heavy atom. The minimum Gasteiger partial charge on any atom is -0.497 e. The van der Waals surface area contributed by atoms with Crippen molar-refractivity contribution in [1.29, 1.82) is 0 Å². The molecule has 1 saturated heterocycles. The van der Waals surface area contributed by atoms with Gasteiger partial charge in [-0.3, -0.25) is 4.99 Å². The van der Waals surface area contributed by atoms with Gasteiger partial charge in [0.25, 0.3) is 0 Å². The van der Waals surface area contributed by atoms with Crippen molar-refractivity contribution in [3.8, 4) is 11.5 Å². The van der Waals surface area contributed by atoms with Gasteiger partial charge in [0, 0.05) is 45.3 Å². The van der Waals surface area contributed by atoms with E-state index in [4.69, 9.17) is 15.2 Å². The molecule has 7 nitrogen and oxygen atoms in total. The Morgan fingerprint density at radius 1 is 1.23 bits per heavy atom. The van der Waals surface area contributed by atoms with Gasteiger partial charge in [0.1, 0.15) is 11.5 Å². The minimum absolute atomic E-state index is 0. The smallest absolute Gasteiger partial charge is 0.193 e. The Morgan fingerprint density at radius 3 is 2.54 bits per heavy atom. The lowest BCUT2D eigenvalue weighted by molar-refractivity contribution is 0.140. The number of benzene rings is 1. The second kappa shape index (κ2) is 11.5. The quantitative estimate of drug-likeness (QED) is 0.355. The summed E-state index contributed by atoms with van der Waals surface area (Å²) in [7, 11) is 5.42. The van der Waals surface area contributed by atoms with Gasteiger partial charge in [0.05, 0.1) is 19.9 Å². The first kappa shape index (κ1) is 22.8. The molecular formula is C18H32IN5O2. The highest BCUT2D eigenvalue weighted by Gasteiger charge is 2.16. The molecule has 1 aromatic carbocycles. The van der Waals surface area contributed by atoms with Crippen LogP contribution in [-0.4, -0.2) is 76.3 Å². The van der Waals surface area contributed by atoms with Crippen molar-refractivity contribution < 1.29 is 9.47 Å². The number of nitrogens with one attached hydrogen (secondary N) is 1. The Balaban J connectivity index is 0.00000338. The third-order valence-electron chi connectivity index (χ3n) is 4.41. The molecule has 1 unspecified atom stereocenters. The highest BCUT2D eigenvalue weighted by Crippen LogP contribution is 2.28. The van der Waals surface area contributed by atoms with E-state index in [0.717, 1.165) is 44.2 Å². The number of guanidine groups is 1. The van der Waals surface area contributed by atoms with Crippen LogP contribution in [-0.2, 0) is 0 Å². The van der Waals surface area contributed by atoms with Crippen LogP contribution >= 0.6 is 24.0 Å². The lowest BCUT2D eigenvalue weighted by Crippen LogP contribution is -2.46. The maximum atomic E-state index is 6.04. The number of halogens is 1. The summed E-state index contributed by atoms with van der Waals surface area (Å²) < 4.78 is 10.6. The lowest BCUT2D eigenvalue weighted by atomic mass is 10.1. The third-order valence-corrected chi connectivity index (χ3v) is 4.41. The maximum Gasteiger partial charge on any atom is 0.193 e. The number of rotatable bonds is 7. The van der Waals surface area contributed by atoms with E-state index in [1.807, 2.05) is 18.2 Å². The second-order valence-corrected chi connectivity index (χ2v) is 6.63. The molecule has 148 valence electrons. The summed E-state index contributed by atoms with van der Waals surface area (Å²) in [4.78, 5) is 9.34. The van der Waals surface area contributed by atoms with Gasteiger partial charge in [-0.2, -0.15) is 0 Å². The number of piperazine rings is 1. The number of ether oxygens (including phenoxy) is 2. The molecule has 0 bridgehead atoms. The topological polar surface area (TPSA) is 75.3 Å². The van der Waals surface area contributed by atoms with Gasteiger partial charge in [-0.25, -0.2) is 0 Å². The largest absolute Gasteiger partial charge is 0.497 e. The fourth-order valence-electron chi connectivity index (χ4n) is 2.87. The van der Waals surface area contributed by atoms with Gasteiger partial charge in [-0.1, -0.05) is 6.92 Å². The fraction of sp³-hybridized carbons (Fsp3) is 0.611. The van der Waals surface area contributed by atoms with E-state index in [1.165, 1.54) is 0 Å². The number of hydrogen-bond acceptors (Lipinski definition) is 5. The maximum absolute atomic E-state index is 6.04. The molecule has 0 radical (unpaired) electrons. The van der Waals surface area contributed by atoms with Crippen molar-refractivity contribution in [2.45, 2.75) is 6.92 Å². The molecule has 1 aromatic rings. The number of aliphatic imine (C=N–C) groups is 1. The summed E-state index contributed by atoms with van der Waals surface area (Å²) in [5.74, 6) is 2.27. The average Bonchev–Trinajstić information content (AvgIpc) is 2.62. The van der Waals surface area contributed by atoms with E-state index in [2.05, 4.69) is 34.1 Å². The van der Waals surface area contributed by atoms with Crippen molar-refractivity contribution in [2.75, 3.05) is 65.9 Å². The number of nitrogens with zero attached hydrogens (tertiary/aromatic N) is 3. The van der Waals surface area contributed by atoms with E-state index < -0.39 is 0 Å². The van der Waals surface area contributed by atoms with Gasteiger partial charge < -0.3 is 30.3 Å². The van der Waals surface area contributed by atoms with Crippen LogP contribution in [0.15, 0.2) is 23.2 Å². The van der Waals surface area contributed by atoms with Gasteiger partial charge in [-0.05, 0) is 25.1 Å². The van der Waals surface area contributed by atoms with Crippen LogP contribution in [0.5, 0.6) is 11.5 Å². The third kappa shape index (κ3) is 7.16. The summed E-state index contributed by atoms with van der Waals surface area (Å²) in [6.45, 7) is 8.47. The minimum atomic E-state index is 0. The second-order valence-electron chi connectivity index (χ2n) is 6.63. The molecule has 3 N–H and O–H groups in total. The molecule has 0 spiro atoms. The number of anilines is 1. The number of nitrogens with two attached hydrogens (primary N) is 1. The molecule has 26 heavy (non-hydrogen) atoms. The highest BCUT2D eigenvalue weighted by molar-refractivity contribution is 14.0. The molecule has 2 rings (SSSR count). The van der Waals surface area contributed by atoms with Gasteiger partial charge in [-0.15, -0.1) is 24.0 Å². The summed E-state index contributed by atoms with van der Waals surface area (Å²) >= 11 is 0. The van der Waals surface area contributed by atoms with Crippen LogP contribution in [0, 0.1) is 5.92 Å². The first-order valence-corrected chi connectivity index (χ1v) is 8.71. The predicted octanol–water partition coefficient (Wildman–Crippen LogP) is 1.93. The monoisotopic (exact) mass is 477 g/mol. The normalized spacial score (nSPS) is 17.3. The van der Waals surface area contributed by atoms with Crippen molar-refractivity contribution in [3.63, 3.8) is 0 Å². The SMILES string of the molecule is COc1ccc(OC)c(NC(N)=NCC(C)CN2CCN(C)CC2)c1.I. The number of likely N-dealkylation sites (N-methyl/N-ethyl adjacent to an activating group) is 1. The van der Waals surface area contributed by atoms with Crippen LogP contribution in [0.25, 0.3) is 0 Å². The van der Waals surface area contributed by atoms with E-state index in [9.17, 15) is 0 Å². The highest BCUT2D eigenvalue weighted by atomic mass is 127. The Hall–Kier alpha value is -1.26. The van der Waals surface area contributed by atoms with Crippen LogP contribution in [0.2, 0.25) is 0 Å². The predicted molar refractivity (Wildman–Crippen MR) is 118 cm³/mol. The van der Waals surface area contributed by atoms with Crippen LogP contribution in [0.4, 0.5) is 5.69 Å². The molecule has 0 aliphatic carbocycles. The molecule has 1 heterocycles. The molecule has 1 aliphatic rings. The number of hydrogen-bond donors (Lipinski definition) is 2. The molecule has 1 fully saturated rings. The van der Waals surface area contributed by atoms with Gasteiger partial charge >= 0.3 is 0 Å². The van der Waals surface area contributed by atoms with E-state index >= 15 is 0 Å². The summed E-state index contributed by atoms with van der Waals surface area (Å²) in [6, 6.07) is 5.52. The van der Waals surface area contributed by atoms with Crippen molar-refractivity contribution in [2.24, 2.45) is 16.6 Å². The average molecular weight is 477 g/mol. The standard InChI is InChI=1S/C18H31N5O2.HI/c1-14(13-23-9-7-22(2)8-10-23)12-20-18(19)21-16-11-15(24-3)5-6-17(16)25-4;/h5-6,11,14H,7-10,12-13H2,1-4H3,(H3,19,20,21);1H. The van der Waals surface area contributed by atoms with Crippen LogP contribution in [0.3, 0.4) is 0 Å². The fourth-order valence-corrected chi connectivity index (χ4v) is 2.87. The zero-order valence-corrected chi connectivity index (χ0v) is 18.5. The van der Waals surface area contributed by atoms with Crippen LogP contribution in [0.1, 0.15) is 6.92 Å². The molecule has 0 saturated carbocycles. The Labute approximate surface area is 173 Å². The summed E-state index contributed by atoms with van der Waals surface area (Å²) in [5, 5.41) is 3.10. The molecule has 8 heteroatoms. The number of methoxy groups -OCH3 is 2. The first-order chi connectivity index (χ1) is 12.0. The van der Waals surface area contributed by atoms with Crippen molar-refractivity contribution in [3.05, 3.63) is 18.2 Å². The van der Waals surface area contributed by atoms with Crippen LogP contribution < -0.4 is 20.5 Å². The Kier molecular flexibility index (Phi) is 10.0. The summed E-state index contributed by atoms with van der Waals surface area (Å²) in [6.07, 6.45) is 0. The van der Waals surface area contributed by atoms with E-state index in [-0.39, 0.29) is 24.0 Å². The van der Waals surface area contributed by atoms with Gasteiger partial charge in [0.15, 0.2) is 5.96 Å². The first-order valence-electron chi connectivity index (χ1n) is 8.71. The van der Waals surface area contributed by atoms with E-state index in [1.54, 1.807) is 14.2 Å². The molecule has 1 atom stereocenters. The zero-order valence-electron chi connectivity index (χ0n) is 16.2. The lowest BCUT2D eigenvalue weighted by Gasteiger charge is -2.33. The van der Waals surface area contributed by atoms with Crippen molar-refractivity contribution >= 4 is 35.6 Å². The molecular weight excluding hydrogens is 445 g/mol. The van der Waals surface area contributed by atoms with E-state index in [0.29, 0.717) is 24.2 Å². The summed E-state index contributed by atoms with van der Waals surface area (Å²) in [5.41, 5.74) is 6.79. The molecule has 0 amide bonds. The Bertz CT molecular complexity index is 577. The zero-order chi connectivity index (χ0) is 18.2. The van der Waals surface area contributed by atoms with Crippen molar-refractivity contribution in [1.82, 2.24) is 9.80 Å².